The molecular formula is C10H12ClNO2. The number of rotatable bonds is 4. The van der Waals surface area contributed by atoms with Crippen molar-refractivity contribution in [1.29, 1.82) is 0 Å². The molecule has 0 N–H and O–H groups in total. The largest absolute Gasteiger partial charge is 0.298 e. The highest BCUT2D eigenvalue weighted by Gasteiger charge is 2.38. The first-order chi connectivity index (χ1) is 6.58. The van der Waals surface area contributed by atoms with Gasteiger partial charge in [0.2, 0.25) is 0 Å². The van der Waals surface area contributed by atoms with E-state index in [1.165, 1.54) is 0 Å². The summed E-state index contributed by atoms with van der Waals surface area (Å²) in [5, 5.41) is 10.7. The highest BCUT2D eigenvalue weighted by molar-refractivity contribution is 6.22. The second-order valence-electron chi connectivity index (χ2n) is 3.19. The average Bonchev–Trinajstić information content (AvgIpc) is 2.19. The topological polar surface area (TPSA) is 43.1 Å². The van der Waals surface area contributed by atoms with Crippen molar-refractivity contribution in [3.05, 3.63) is 46.0 Å². The summed E-state index contributed by atoms with van der Waals surface area (Å²) in [4.78, 5) is 8.96. The van der Waals surface area contributed by atoms with E-state index in [9.17, 15) is 10.1 Å². The third-order valence-electron chi connectivity index (χ3n) is 2.19. The molecule has 76 valence electrons. The first-order valence-electron chi connectivity index (χ1n) is 4.46. The molecule has 0 saturated heterocycles. The first-order valence-corrected chi connectivity index (χ1v) is 4.83. The van der Waals surface area contributed by atoms with Gasteiger partial charge in [0.15, 0.2) is 0 Å². The van der Waals surface area contributed by atoms with Crippen molar-refractivity contribution in [3.63, 3.8) is 0 Å². The highest BCUT2D eigenvalue weighted by Crippen LogP contribution is 2.25. The molecule has 0 saturated carbocycles. The third kappa shape index (κ3) is 2.45. The van der Waals surface area contributed by atoms with Crippen LogP contribution in [0, 0.1) is 10.1 Å². The van der Waals surface area contributed by atoms with Gasteiger partial charge in [-0.05, 0) is 17.2 Å². The maximum Gasteiger partial charge on any atom is 0.298 e. The zero-order valence-corrected chi connectivity index (χ0v) is 8.70. The predicted molar refractivity (Wildman–Crippen MR) is 56.0 cm³/mol. The Balaban J connectivity index is 2.81. The Bertz CT molecular complexity index is 315. The molecule has 0 aliphatic heterocycles. The van der Waals surface area contributed by atoms with Gasteiger partial charge in [0, 0.05) is 11.3 Å². The van der Waals surface area contributed by atoms with Crippen LogP contribution in [-0.4, -0.2) is 9.92 Å². The second kappa shape index (κ2) is 4.42. The Morgan fingerprint density at radius 2 is 2.00 bits per heavy atom. The van der Waals surface area contributed by atoms with Crippen LogP contribution in [0.15, 0.2) is 30.3 Å². The summed E-state index contributed by atoms with van der Waals surface area (Å²) in [6.07, 6.45) is 0.579. The van der Waals surface area contributed by atoms with Crippen molar-refractivity contribution < 1.29 is 4.92 Å². The highest BCUT2D eigenvalue weighted by atomic mass is 35.5. The molecular weight excluding hydrogens is 202 g/mol. The molecule has 0 amide bonds. The van der Waals surface area contributed by atoms with Gasteiger partial charge in [-0.1, -0.05) is 37.3 Å². The average molecular weight is 214 g/mol. The van der Waals surface area contributed by atoms with Gasteiger partial charge in [-0.2, -0.15) is 0 Å². The lowest BCUT2D eigenvalue weighted by molar-refractivity contribution is -0.542. The van der Waals surface area contributed by atoms with Crippen molar-refractivity contribution in [2.45, 2.75) is 24.8 Å². The van der Waals surface area contributed by atoms with Crippen LogP contribution in [0.3, 0.4) is 0 Å². The van der Waals surface area contributed by atoms with Gasteiger partial charge in [-0.15, -0.1) is 0 Å². The normalized spacial score (nSPS) is 14.7. The molecule has 0 radical (unpaired) electrons. The van der Waals surface area contributed by atoms with E-state index in [1.807, 2.05) is 30.3 Å². The van der Waals surface area contributed by atoms with E-state index in [0.717, 1.165) is 5.56 Å². The number of halogens is 1. The Hall–Kier alpha value is -1.09. The number of nitrogens with zero attached hydrogens (tertiary/aromatic N) is 1. The third-order valence-corrected chi connectivity index (χ3v) is 2.73. The van der Waals surface area contributed by atoms with Gasteiger partial charge >= 0.3 is 0 Å². The standard InChI is InChI=1S/C10H12ClNO2/c1-2-10(11,12(13)14)8-9-6-4-3-5-7-9/h3-7H,2,8H2,1H3. The van der Waals surface area contributed by atoms with Gasteiger partial charge in [-0.25, -0.2) is 0 Å². The van der Waals surface area contributed by atoms with Crippen LogP contribution in [0.5, 0.6) is 0 Å². The zero-order valence-electron chi connectivity index (χ0n) is 7.94. The van der Waals surface area contributed by atoms with Crippen molar-refractivity contribution in [1.82, 2.24) is 0 Å². The van der Waals surface area contributed by atoms with Crippen molar-refractivity contribution in [2.75, 3.05) is 0 Å². The number of hydrogen-bond donors (Lipinski definition) is 0. The molecule has 0 bridgehead atoms. The van der Waals surface area contributed by atoms with Crippen LogP contribution in [0.2, 0.25) is 0 Å². The molecule has 1 rings (SSSR count). The van der Waals surface area contributed by atoms with Gasteiger partial charge in [0.05, 0.1) is 6.42 Å². The van der Waals surface area contributed by atoms with Crippen LogP contribution >= 0.6 is 11.6 Å². The monoisotopic (exact) mass is 213 g/mol. The first kappa shape index (κ1) is 11.0. The molecule has 0 heterocycles. The molecule has 3 nitrogen and oxygen atoms in total. The van der Waals surface area contributed by atoms with Crippen molar-refractivity contribution in [3.8, 4) is 0 Å². The summed E-state index contributed by atoms with van der Waals surface area (Å²) in [7, 11) is 0. The van der Waals surface area contributed by atoms with Gasteiger partial charge < -0.3 is 0 Å². The summed E-state index contributed by atoms with van der Waals surface area (Å²) in [6.45, 7) is 1.72. The van der Waals surface area contributed by atoms with Crippen molar-refractivity contribution >= 4 is 11.6 Å². The minimum Gasteiger partial charge on any atom is -0.263 e. The van der Waals surface area contributed by atoms with E-state index < -0.39 is 9.92 Å². The van der Waals surface area contributed by atoms with E-state index in [0.29, 0.717) is 6.42 Å². The van der Waals surface area contributed by atoms with Crippen LogP contribution in [0.25, 0.3) is 0 Å². The Morgan fingerprint density at radius 3 is 2.43 bits per heavy atom. The van der Waals surface area contributed by atoms with E-state index in [1.54, 1.807) is 6.92 Å². The van der Waals surface area contributed by atoms with E-state index in [2.05, 4.69) is 0 Å². The SMILES string of the molecule is CCC(Cl)(Cc1ccccc1)[N+](=O)[O-]. The Labute approximate surface area is 87.8 Å². The molecule has 1 atom stereocenters. The van der Waals surface area contributed by atoms with Crippen LogP contribution in [0.4, 0.5) is 0 Å². The molecule has 0 fully saturated rings. The van der Waals surface area contributed by atoms with Gasteiger partial charge in [-0.3, -0.25) is 10.1 Å². The zero-order chi connectivity index (χ0) is 10.6. The fourth-order valence-electron chi connectivity index (χ4n) is 1.23. The van der Waals surface area contributed by atoms with E-state index >= 15 is 0 Å². The summed E-state index contributed by atoms with van der Waals surface area (Å²) in [6, 6.07) is 9.26. The van der Waals surface area contributed by atoms with Crippen LogP contribution in [-0.2, 0) is 6.42 Å². The van der Waals surface area contributed by atoms with E-state index in [-0.39, 0.29) is 6.42 Å². The Morgan fingerprint density at radius 1 is 1.43 bits per heavy atom. The Kier molecular flexibility index (Phi) is 3.47. The van der Waals surface area contributed by atoms with Crippen LogP contribution < -0.4 is 0 Å². The molecule has 4 heteroatoms. The van der Waals surface area contributed by atoms with Gasteiger partial charge in [0.25, 0.3) is 5.00 Å². The fraction of sp³-hybridized carbons (Fsp3) is 0.400. The molecule has 0 aliphatic carbocycles. The molecule has 14 heavy (non-hydrogen) atoms. The molecule has 1 unspecified atom stereocenters. The molecule has 0 spiro atoms. The second-order valence-corrected chi connectivity index (χ2v) is 3.89. The molecule has 1 aromatic rings. The maximum atomic E-state index is 10.7. The number of hydrogen-bond acceptors (Lipinski definition) is 2. The number of nitro groups is 1. The summed E-state index contributed by atoms with van der Waals surface area (Å²) < 4.78 is 0. The van der Waals surface area contributed by atoms with Crippen molar-refractivity contribution in [2.24, 2.45) is 0 Å². The molecule has 0 aromatic heterocycles. The summed E-state index contributed by atoms with van der Waals surface area (Å²) >= 11 is 5.89. The summed E-state index contributed by atoms with van der Waals surface area (Å²) in [5.74, 6) is 0. The minimum atomic E-state index is -1.36. The smallest absolute Gasteiger partial charge is 0.263 e. The quantitative estimate of drug-likeness (QED) is 0.334. The minimum absolute atomic E-state index is 0.263. The number of benzene rings is 1. The summed E-state index contributed by atoms with van der Waals surface area (Å²) in [5.41, 5.74) is 0.890. The lowest BCUT2D eigenvalue weighted by Gasteiger charge is -2.16. The molecule has 1 aromatic carbocycles. The lowest BCUT2D eigenvalue weighted by Crippen LogP contribution is -2.33. The van der Waals surface area contributed by atoms with Crippen LogP contribution in [0.1, 0.15) is 18.9 Å². The lowest BCUT2D eigenvalue weighted by atomic mass is 10.0. The predicted octanol–water partition coefficient (Wildman–Crippen LogP) is 2.85. The molecule has 0 aliphatic rings. The number of alkyl halides is 1. The maximum absolute atomic E-state index is 10.7. The fourth-order valence-corrected chi connectivity index (χ4v) is 1.38. The van der Waals surface area contributed by atoms with E-state index in [4.69, 9.17) is 11.6 Å². The van der Waals surface area contributed by atoms with Gasteiger partial charge in [0.1, 0.15) is 0 Å².